The lowest BCUT2D eigenvalue weighted by Gasteiger charge is -2.30. The average molecular weight is 297 g/mol. The zero-order valence-corrected chi connectivity index (χ0v) is 13.5. The Morgan fingerprint density at radius 1 is 1.40 bits per heavy atom. The van der Waals surface area contributed by atoms with Gasteiger partial charge in [-0.15, -0.1) is 0 Å². The van der Waals surface area contributed by atoms with E-state index >= 15 is 0 Å². The lowest BCUT2D eigenvalue weighted by Crippen LogP contribution is -2.26. The van der Waals surface area contributed by atoms with Gasteiger partial charge in [0.1, 0.15) is 5.69 Å². The highest BCUT2D eigenvalue weighted by atomic mass is 35.5. The number of aryl methyl sites for hydroxylation is 1. The molecule has 0 aromatic carbocycles. The van der Waals surface area contributed by atoms with Crippen molar-refractivity contribution in [1.82, 2.24) is 9.78 Å². The Morgan fingerprint density at radius 3 is 2.60 bits per heavy atom. The second kappa shape index (κ2) is 6.75. The van der Waals surface area contributed by atoms with E-state index in [-0.39, 0.29) is 11.7 Å². The van der Waals surface area contributed by atoms with Gasteiger partial charge in [0.2, 0.25) is 0 Å². The zero-order chi connectivity index (χ0) is 14.7. The monoisotopic (exact) mass is 296 g/mol. The van der Waals surface area contributed by atoms with Crippen LogP contribution in [0, 0.1) is 17.8 Å². The summed E-state index contributed by atoms with van der Waals surface area (Å²) in [6, 6.07) is 0. The van der Waals surface area contributed by atoms with Crippen LogP contribution in [0.4, 0.5) is 0 Å². The summed E-state index contributed by atoms with van der Waals surface area (Å²) < 4.78 is 1.78. The Kier molecular flexibility index (Phi) is 5.25. The topological polar surface area (TPSA) is 34.9 Å². The zero-order valence-electron chi connectivity index (χ0n) is 12.7. The summed E-state index contributed by atoms with van der Waals surface area (Å²) in [7, 11) is 0. The first-order chi connectivity index (χ1) is 9.54. The van der Waals surface area contributed by atoms with Crippen molar-refractivity contribution in [3.8, 4) is 0 Å². The fourth-order valence-corrected chi connectivity index (χ4v) is 3.46. The van der Waals surface area contributed by atoms with E-state index in [1.165, 1.54) is 0 Å². The standard InChI is InChI=1S/C16H25ClN2O/c1-4-9-19-15(14(17)10-18-19)16(20)13-7-5-12(6-8-13)11(2)3/h10-13H,4-9H2,1-3H3. The number of nitrogens with zero attached hydrogens (tertiary/aromatic N) is 2. The van der Waals surface area contributed by atoms with Gasteiger partial charge >= 0.3 is 0 Å². The van der Waals surface area contributed by atoms with E-state index in [1.807, 2.05) is 0 Å². The van der Waals surface area contributed by atoms with Gasteiger partial charge in [0.05, 0.1) is 11.2 Å². The summed E-state index contributed by atoms with van der Waals surface area (Å²) in [5.41, 5.74) is 0.626. The number of rotatable bonds is 5. The van der Waals surface area contributed by atoms with Gasteiger partial charge in [0, 0.05) is 12.5 Å². The summed E-state index contributed by atoms with van der Waals surface area (Å²) in [6.45, 7) is 7.40. The number of hydrogen-bond acceptors (Lipinski definition) is 2. The molecule has 0 aliphatic heterocycles. The number of carbonyl (C=O) groups excluding carboxylic acids is 1. The minimum absolute atomic E-state index is 0.134. The van der Waals surface area contributed by atoms with Crippen molar-refractivity contribution in [3.63, 3.8) is 0 Å². The third kappa shape index (κ3) is 3.25. The van der Waals surface area contributed by atoms with E-state index in [9.17, 15) is 4.79 Å². The molecule has 3 nitrogen and oxygen atoms in total. The molecule has 4 heteroatoms. The lowest BCUT2D eigenvalue weighted by atomic mass is 9.75. The van der Waals surface area contributed by atoms with Gasteiger partial charge in [-0.25, -0.2) is 0 Å². The molecule has 0 amide bonds. The van der Waals surface area contributed by atoms with Crippen LogP contribution in [-0.4, -0.2) is 15.6 Å². The minimum atomic E-state index is 0.134. The predicted octanol–water partition coefficient (Wildman–Crippen LogP) is 4.59. The normalized spacial score (nSPS) is 23.2. The molecule has 112 valence electrons. The molecule has 2 rings (SSSR count). The van der Waals surface area contributed by atoms with Crippen LogP contribution in [0.3, 0.4) is 0 Å². The quantitative estimate of drug-likeness (QED) is 0.745. The molecule has 1 fully saturated rings. The summed E-state index contributed by atoms with van der Waals surface area (Å²) in [5.74, 6) is 1.83. The highest BCUT2D eigenvalue weighted by Gasteiger charge is 2.31. The van der Waals surface area contributed by atoms with Crippen molar-refractivity contribution in [2.45, 2.75) is 59.4 Å². The van der Waals surface area contributed by atoms with Crippen molar-refractivity contribution in [2.24, 2.45) is 17.8 Å². The number of hydrogen-bond donors (Lipinski definition) is 0. The van der Waals surface area contributed by atoms with Gasteiger partial charge in [-0.1, -0.05) is 32.4 Å². The number of aromatic nitrogens is 2. The largest absolute Gasteiger partial charge is 0.292 e. The molecular weight excluding hydrogens is 272 g/mol. The van der Waals surface area contributed by atoms with Crippen LogP contribution < -0.4 is 0 Å². The van der Waals surface area contributed by atoms with Crippen LogP contribution in [-0.2, 0) is 6.54 Å². The van der Waals surface area contributed by atoms with E-state index in [0.717, 1.165) is 50.5 Å². The van der Waals surface area contributed by atoms with Crippen LogP contribution in [0.15, 0.2) is 6.20 Å². The second-order valence-electron chi connectivity index (χ2n) is 6.28. The van der Waals surface area contributed by atoms with Gasteiger partial charge in [-0.05, 0) is 43.9 Å². The average Bonchev–Trinajstić information content (AvgIpc) is 2.79. The molecule has 0 spiro atoms. The first-order valence-corrected chi connectivity index (χ1v) is 8.17. The highest BCUT2D eigenvalue weighted by molar-refractivity contribution is 6.33. The van der Waals surface area contributed by atoms with Crippen LogP contribution >= 0.6 is 11.6 Å². The van der Waals surface area contributed by atoms with Crippen LogP contribution in [0.25, 0.3) is 0 Å². The molecule has 0 atom stereocenters. The second-order valence-corrected chi connectivity index (χ2v) is 6.69. The first kappa shape index (κ1) is 15.6. The third-order valence-corrected chi connectivity index (χ3v) is 4.83. The summed E-state index contributed by atoms with van der Waals surface area (Å²) >= 11 is 6.17. The van der Waals surface area contributed by atoms with Gasteiger partial charge in [0.15, 0.2) is 5.78 Å². The SMILES string of the molecule is CCCn1ncc(Cl)c1C(=O)C1CCC(C(C)C)CC1. The maximum atomic E-state index is 12.7. The van der Waals surface area contributed by atoms with Crippen LogP contribution in [0.5, 0.6) is 0 Å². The maximum Gasteiger partial charge on any atom is 0.185 e. The molecule has 1 aromatic heterocycles. The fourth-order valence-electron chi connectivity index (χ4n) is 3.23. The Hall–Kier alpha value is -0.830. The first-order valence-electron chi connectivity index (χ1n) is 7.80. The molecule has 1 aromatic rings. The minimum Gasteiger partial charge on any atom is -0.292 e. The molecule has 1 aliphatic carbocycles. The van der Waals surface area contributed by atoms with Gasteiger partial charge in [0.25, 0.3) is 0 Å². The third-order valence-electron chi connectivity index (χ3n) is 4.55. The maximum absolute atomic E-state index is 12.7. The molecule has 20 heavy (non-hydrogen) atoms. The van der Waals surface area contributed by atoms with Gasteiger partial charge in [-0.3, -0.25) is 9.48 Å². The molecular formula is C16H25ClN2O. The van der Waals surface area contributed by atoms with E-state index in [0.29, 0.717) is 10.7 Å². The number of Topliss-reactive ketones (excluding diaryl/α,β-unsaturated/α-hetero) is 1. The smallest absolute Gasteiger partial charge is 0.185 e. The highest BCUT2D eigenvalue weighted by Crippen LogP contribution is 2.35. The number of carbonyl (C=O) groups is 1. The molecule has 1 saturated carbocycles. The molecule has 1 heterocycles. The Bertz CT molecular complexity index is 459. The van der Waals surface area contributed by atoms with Crippen LogP contribution in [0.2, 0.25) is 5.02 Å². The fraction of sp³-hybridized carbons (Fsp3) is 0.750. The molecule has 1 aliphatic rings. The molecule has 0 radical (unpaired) electrons. The summed E-state index contributed by atoms with van der Waals surface area (Å²) in [5, 5.41) is 4.74. The number of halogens is 1. The molecule has 0 bridgehead atoms. The van der Waals surface area contributed by atoms with Crippen molar-refractivity contribution >= 4 is 17.4 Å². The van der Waals surface area contributed by atoms with E-state index in [4.69, 9.17) is 11.6 Å². The lowest BCUT2D eigenvalue weighted by molar-refractivity contribution is 0.0847. The predicted molar refractivity (Wildman–Crippen MR) is 82.1 cm³/mol. The van der Waals surface area contributed by atoms with Crippen molar-refractivity contribution in [2.75, 3.05) is 0 Å². The molecule has 0 N–H and O–H groups in total. The van der Waals surface area contributed by atoms with Crippen molar-refractivity contribution in [1.29, 1.82) is 0 Å². The Labute approximate surface area is 126 Å². The summed E-state index contributed by atoms with van der Waals surface area (Å²) in [6.07, 6.45) is 6.87. The Balaban J connectivity index is 2.07. The van der Waals surface area contributed by atoms with E-state index in [2.05, 4.69) is 25.9 Å². The van der Waals surface area contributed by atoms with E-state index in [1.54, 1.807) is 10.9 Å². The van der Waals surface area contributed by atoms with E-state index < -0.39 is 0 Å². The summed E-state index contributed by atoms with van der Waals surface area (Å²) in [4.78, 5) is 12.7. The molecule has 0 saturated heterocycles. The van der Waals surface area contributed by atoms with Crippen LogP contribution in [0.1, 0.15) is 63.4 Å². The van der Waals surface area contributed by atoms with Crippen molar-refractivity contribution < 1.29 is 4.79 Å². The van der Waals surface area contributed by atoms with Gasteiger partial charge < -0.3 is 0 Å². The van der Waals surface area contributed by atoms with Gasteiger partial charge in [-0.2, -0.15) is 5.10 Å². The molecule has 0 unspecified atom stereocenters. The Morgan fingerprint density at radius 2 is 2.05 bits per heavy atom. The van der Waals surface area contributed by atoms with Crippen molar-refractivity contribution in [3.05, 3.63) is 16.9 Å². The number of ketones is 1.